The summed E-state index contributed by atoms with van der Waals surface area (Å²) in [5, 5.41) is 2.64. The number of nitrogens with one attached hydrogen (secondary N) is 1. The summed E-state index contributed by atoms with van der Waals surface area (Å²) in [7, 11) is -2.54. The average molecular weight is 522 g/mol. The molecule has 0 aromatic heterocycles. The summed E-state index contributed by atoms with van der Waals surface area (Å²) in [6, 6.07) is 20.5. The first-order valence-electron chi connectivity index (χ1n) is 12.3. The van der Waals surface area contributed by atoms with Gasteiger partial charge in [-0.1, -0.05) is 61.0 Å². The predicted octanol–water partition coefficient (Wildman–Crippen LogP) is 4.36. The van der Waals surface area contributed by atoms with Gasteiger partial charge in [-0.3, -0.25) is 13.9 Å². The SMILES string of the molecule is CCC(C(=O)NC)N(Cc1cccc(C)c1)C(=O)CN(c1cc(C)cc(C)c1)S(=O)(=O)c1ccccc1. The molecule has 0 aliphatic rings. The van der Waals surface area contributed by atoms with Gasteiger partial charge in [-0.2, -0.15) is 0 Å². The standard InChI is InChI=1S/C29H35N3O4S/c1-6-27(29(34)30-5)31(19-24-12-10-11-21(2)16-24)28(33)20-32(25-17-22(3)15-23(4)18-25)37(35,36)26-13-8-7-9-14-26/h7-18,27H,6,19-20H2,1-5H3,(H,30,34). The third-order valence-corrected chi connectivity index (χ3v) is 7.96. The molecule has 1 N–H and O–H groups in total. The summed E-state index contributed by atoms with van der Waals surface area (Å²) in [4.78, 5) is 28.3. The topological polar surface area (TPSA) is 86.8 Å². The molecule has 1 unspecified atom stereocenters. The minimum Gasteiger partial charge on any atom is -0.357 e. The zero-order chi connectivity index (χ0) is 27.2. The van der Waals surface area contributed by atoms with Gasteiger partial charge < -0.3 is 10.2 Å². The number of aryl methyl sites for hydroxylation is 3. The van der Waals surface area contributed by atoms with Crippen LogP contribution in [0.15, 0.2) is 77.7 Å². The van der Waals surface area contributed by atoms with Crippen LogP contribution in [-0.2, 0) is 26.2 Å². The Morgan fingerprint density at radius 3 is 2.08 bits per heavy atom. The Hall–Kier alpha value is -3.65. The van der Waals surface area contributed by atoms with E-state index in [0.717, 1.165) is 26.6 Å². The molecule has 0 saturated heterocycles. The molecule has 37 heavy (non-hydrogen) atoms. The number of sulfonamides is 1. The number of hydrogen-bond donors (Lipinski definition) is 1. The van der Waals surface area contributed by atoms with Gasteiger partial charge in [0, 0.05) is 13.6 Å². The van der Waals surface area contributed by atoms with Crippen LogP contribution in [0.2, 0.25) is 0 Å². The molecule has 3 aromatic rings. The lowest BCUT2D eigenvalue weighted by atomic mass is 10.1. The molecule has 0 spiro atoms. The largest absolute Gasteiger partial charge is 0.357 e. The van der Waals surface area contributed by atoms with Gasteiger partial charge in [0.25, 0.3) is 10.0 Å². The highest BCUT2D eigenvalue weighted by atomic mass is 32.2. The van der Waals surface area contributed by atoms with Gasteiger partial charge >= 0.3 is 0 Å². The molecular weight excluding hydrogens is 486 g/mol. The van der Waals surface area contributed by atoms with Crippen molar-refractivity contribution in [3.8, 4) is 0 Å². The summed E-state index contributed by atoms with van der Waals surface area (Å²) in [6.07, 6.45) is 0.381. The summed E-state index contributed by atoms with van der Waals surface area (Å²) < 4.78 is 28.8. The van der Waals surface area contributed by atoms with E-state index < -0.39 is 28.5 Å². The Bertz CT molecular complexity index is 1340. The Balaban J connectivity index is 2.08. The number of likely N-dealkylation sites (N-methyl/N-ethyl adjacent to an activating group) is 1. The molecule has 0 aliphatic heterocycles. The van der Waals surface area contributed by atoms with Crippen molar-refractivity contribution in [1.29, 1.82) is 0 Å². The monoisotopic (exact) mass is 521 g/mol. The van der Waals surface area contributed by atoms with Gasteiger partial charge in [-0.05, 0) is 68.1 Å². The van der Waals surface area contributed by atoms with Gasteiger partial charge in [-0.25, -0.2) is 8.42 Å². The number of carbonyl (C=O) groups is 2. The highest BCUT2D eigenvalue weighted by molar-refractivity contribution is 7.92. The molecule has 0 fully saturated rings. The first-order chi connectivity index (χ1) is 17.6. The van der Waals surface area contributed by atoms with Gasteiger partial charge in [0.05, 0.1) is 10.6 Å². The van der Waals surface area contributed by atoms with Crippen LogP contribution in [0, 0.1) is 20.8 Å². The fourth-order valence-electron chi connectivity index (χ4n) is 4.44. The average Bonchev–Trinajstić information content (AvgIpc) is 2.86. The lowest BCUT2D eigenvalue weighted by Crippen LogP contribution is -2.51. The third-order valence-electron chi connectivity index (χ3n) is 6.17. The molecule has 8 heteroatoms. The highest BCUT2D eigenvalue weighted by Crippen LogP contribution is 2.27. The number of anilines is 1. The number of hydrogen-bond acceptors (Lipinski definition) is 4. The van der Waals surface area contributed by atoms with E-state index in [2.05, 4.69) is 5.32 Å². The second kappa shape index (κ2) is 12.1. The van der Waals surface area contributed by atoms with Gasteiger partial charge in [-0.15, -0.1) is 0 Å². The van der Waals surface area contributed by atoms with Crippen LogP contribution in [0.5, 0.6) is 0 Å². The second-order valence-electron chi connectivity index (χ2n) is 9.22. The van der Waals surface area contributed by atoms with Gasteiger partial charge in [0.15, 0.2) is 0 Å². The van der Waals surface area contributed by atoms with Crippen molar-refractivity contribution < 1.29 is 18.0 Å². The van der Waals surface area contributed by atoms with Crippen molar-refractivity contribution in [1.82, 2.24) is 10.2 Å². The molecule has 7 nitrogen and oxygen atoms in total. The van der Waals surface area contributed by atoms with Crippen molar-refractivity contribution in [2.75, 3.05) is 17.9 Å². The number of nitrogens with zero attached hydrogens (tertiary/aromatic N) is 2. The molecule has 0 radical (unpaired) electrons. The molecule has 0 bridgehead atoms. The van der Waals surface area contributed by atoms with Gasteiger partial charge in [0.2, 0.25) is 11.8 Å². The molecule has 2 amide bonds. The summed E-state index contributed by atoms with van der Waals surface area (Å²) in [5.41, 5.74) is 4.05. The molecule has 0 saturated carbocycles. The van der Waals surface area contributed by atoms with Crippen LogP contribution in [-0.4, -0.2) is 44.8 Å². The quantitative estimate of drug-likeness (QED) is 0.430. The van der Waals surface area contributed by atoms with Crippen molar-refractivity contribution in [3.05, 3.63) is 95.1 Å². The van der Waals surface area contributed by atoms with Crippen molar-refractivity contribution in [2.45, 2.75) is 51.6 Å². The van der Waals surface area contributed by atoms with E-state index in [1.165, 1.54) is 24.1 Å². The Kier molecular flexibility index (Phi) is 9.10. The Morgan fingerprint density at radius 1 is 0.865 bits per heavy atom. The summed E-state index contributed by atoms with van der Waals surface area (Å²) in [5.74, 6) is -0.761. The highest BCUT2D eigenvalue weighted by Gasteiger charge is 2.33. The second-order valence-corrected chi connectivity index (χ2v) is 11.1. The van der Waals surface area contributed by atoms with Crippen LogP contribution in [0.3, 0.4) is 0 Å². The fraction of sp³-hybridized carbons (Fsp3) is 0.310. The van der Waals surface area contributed by atoms with Crippen LogP contribution < -0.4 is 9.62 Å². The molecule has 3 rings (SSSR count). The fourth-order valence-corrected chi connectivity index (χ4v) is 5.86. The number of amides is 2. The molecule has 196 valence electrons. The smallest absolute Gasteiger partial charge is 0.264 e. The third kappa shape index (κ3) is 6.77. The van der Waals surface area contributed by atoms with E-state index in [0.29, 0.717) is 12.1 Å². The maximum atomic E-state index is 13.9. The Morgan fingerprint density at radius 2 is 1.51 bits per heavy atom. The number of carbonyl (C=O) groups excluding carboxylic acids is 2. The van der Waals surface area contributed by atoms with Gasteiger partial charge in [0.1, 0.15) is 12.6 Å². The van der Waals surface area contributed by atoms with Crippen LogP contribution in [0.25, 0.3) is 0 Å². The molecule has 0 aliphatic carbocycles. The molecular formula is C29H35N3O4S. The zero-order valence-corrected chi connectivity index (χ0v) is 22.9. The van der Waals surface area contributed by atoms with E-state index in [9.17, 15) is 18.0 Å². The zero-order valence-electron chi connectivity index (χ0n) is 22.1. The number of benzene rings is 3. The predicted molar refractivity (Wildman–Crippen MR) is 147 cm³/mol. The lowest BCUT2D eigenvalue weighted by Gasteiger charge is -2.33. The van der Waals surface area contributed by atoms with Crippen LogP contribution >= 0.6 is 0 Å². The van der Waals surface area contributed by atoms with Crippen molar-refractivity contribution in [2.24, 2.45) is 0 Å². The van der Waals surface area contributed by atoms with E-state index in [4.69, 9.17) is 0 Å². The maximum absolute atomic E-state index is 13.9. The first kappa shape index (κ1) is 27.9. The molecule has 1 atom stereocenters. The minimum absolute atomic E-state index is 0.0885. The van der Waals surface area contributed by atoms with Crippen LogP contribution in [0.1, 0.15) is 35.6 Å². The molecule has 0 heterocycles. The first-order valence-corrected chi connectivity index (χ1v) is 13.7. The van der Waals surface area contributed by atoms with Crippen LogP contribution in [0.4, 0.5) is 5.69 Å². The Labute approximate surface area is 220 Å². The van der Waals surface area contributed by atoms with E-state index >= 15 is 0 Å². The van der Waals surface area contributed by atoms with Crippen molar-refractivity contribution >= 4 is 27.5 Å². The summed E-state index contributed by atoms with van der Waals surface area (Å²) >= 11 is 0. The van der Waals surface area contributed by atoms with E-state index in [-0.39, 0.29) is 17.3 Å². The van der Waals surface area contributed by atoms with Crippen molar-refractivity contribution in [3.63, 3.8) is 0 Å². The molecule has 3 aromatic carbocycles. The lowest BCUT2D eigenvalue weighted by molar-refractivity contribution is -0.140. The van der Waals surface area contributed by atoms with E-state index in [1.807, 2.05) is 58.0 Å². The maximum Gasteiger partial charge on any atom is 0.264 e. The minimum atomic E-state index is -4.07. The normalized spacial score (nSPS) is 12.0. The number of rotatable bonds is 10. The van der Waals surface area contributed by atoms with E-state index in [1.54, 1.807) is 30.3 Å². The summed E-state index contributed by atoms with van der Waals surface area (Å²) in [6.45, 7) is 7.29.